The van der Waals surface area contributed by atoms with Crippen molar-refractivity contribution in [2.75, 3.05) is 32.8 Å². The van der Waals surface area contributed by atoms with Gasteiger partial charge in [-0.15, -0.1) is 0 Å². The molecular formula is C19H28N2O2. The number of amides is 1. The average molecular weight is 316 g/mol. The average Bonchev–Trinajstić information content (AvgIpc) is 3.08. The Morgan fingerprint density at radius 2 is 2.26 bits per heavy atom. The molecule has 4 nitrogen and oxygen atoms in total. The third kappa shape index (κ3) is 4.12. The maximum absolute atomic E-state index is 12.0. The molecule has 126 valence electrons. The van der Waals surface area contributed by atoms with Crippen LogP contribution in [-0.2, 0) is 22.5 Å². The number of carbonyl (C=O) groups excluding carboxylic acids is 1. The number of rotatable bonds is 5. The number of hydrogen-bond acceptors (Lipinski definition) is 3. The van der Waals surface area contributed by atoms with Crippen LogP contribution in [0.5, 0.6) is 0 Å². The number of benzene rings is 1. The summed E-state index contributed by atoms with van der Waals surface area (Å²) in [5, 5.41) is 3.06. The van der Waals surface area contributed by atoms with E-state index >= 15 is 0 Å². The molecule has 0 aliphatic carbocycles. The minimum absolute atomic E-state index is 0.0616. The second kappa shape index (κ2) is 7.45. The van der Waals surface area contributed by atoms with Crippen LogP contribution in [0.25, 0.3) is 0 Å². The minimum atomic E-state index is 0.0616. The Balaban J connectivity index is 1.47. The summed E-state index contributed by atoms with van der Waals surface area (Å²) < 4.78 is 5.27. The van der Waals surface area contributed by atoms with Crippen LogP contribution in [0.15, 0.2) is 18.2 Å². The summed E-state index contributed by atoms with van der Waals surface area (Å²) in [5.41, 5.74) is 4.37. The zero-order valence-electron chi connectivity index (χ0n) is 14.3. The van der Waals surface area contributed by atoms with Gasteiger partial charge in [-0.25, -0.2) is 0 Å². The van der Waals surface area contributed by atoms with Crippen molar-refractivity contribution in [3.63, 3.8) is 0 Å². The van der Waals surface area contributed by atoms with E-state index in [0.717, 1.165) is 45.6 Å². The van der Waals surface area contributed by atoms with Crippen molar-refractivity contribution < 1.29 is 9.53 Å². The van der Waals surface area contributed by atoms with Gasteiger partial charge >= 0.3 is 0 Å². The zero-order chi connectivity index (χ0) is 16.2. The molecule has 0 aromatic heterocycles. The molecule has 23 heavy (non-hydrogen) atoms. The molecule has 1 fully saturated rings. The van der Waals surface area contributed by atoms with Crippen LogP contribution in [0, 0.1) is 5.92 Å². The zero-order valence-corrected chi connectivity index (χ0v) is 14.3. The van der Waals surface area contributed by atoms with Crippen LogP contribution < -0.4 is 5.32 Å². The summed E-state index contributed by atoms with van der Waals surface area (Å²) in [6.07, 6.45) is 1.97. The first-order valence-electron chi connectivity index (χ1n) is 8.83. The van der Waals surface area contributed by atoms with Gasteiger partial charge in [0.25, 0.3) is 0 Å². The molecule has 1 amide bonds. The highest BCUT2D eigenvalue weighted by Crippen LogP contribution is 2.23. The van der Waals surface area contributed by atoms with E-state index < -0.39 is 0 Å². The smallest absolute Gasteiger partial charge is 0.225 e. The van der Waals surface area contributed by atoms with Gasteiger partial charge in [0.1, 0.15) is 0 Å². The molecular weight excluding hydrogens is 288 g/mol. The maximum Gasteiger partial charge on any atom is 0.225 e. The van der Waals surface area contributed by atoms with E-state index in [1.807, 2.05) is 0 Å². The summed E-state index contributed by atoms with van der Waals surface area (Å²) in [5.74, 6) is 0.807. The lowest BCUT2D eigenvalue weighted by molar-refractivity contribution is -0.125. The van der Waals surface area contributed by atoms with E-state index in [1.165, 1.54) is 16.7 Å². The van der Waals surface area contributed by atoms with Crippen LogP contribution in [0.4, 0.5) is 0 Å². The third-order valence-electron chi connectivity index (χ3n) is 5.02. The Kier molecular flexibility index (Phi) is 5.34. The van der Waals surface area contributed by atoms with E-state index in [9.17, 15) is 4.79 Å². The molecule has 1 aromatic carbocycles. The Labute approximate surface area is 139 Å². The van der Waals surface area contributed by atoms with Gasteiger partial charge in [0.2, 0.25) is 5.91 Å². The summed E-state index contributed by atoms with van der Waals surface area (Å²) in [7, 11) is 0. The first kappa shape index (κ1) is 16.5. The third-order valence-corrected chi connectivity index (χ3v) is 5.02. The molecule has 2 heterocycles. The van der Waals surface area contributed by atoms with Crippen molar-refractivity contribution in [3.05, 3.63) is 34.9 Å². The molecule has 1 unspecified atom stereocenters. The molecule has 0 radical (unpaired) electrons. The number of ether oxygens (including phenoxy) is 1. The van der Waals surface area contributed by atoms with Crippen molar-refractivity contribution in [1.29, 1.82) is 0 Å². The Bertz CT molecular complexity index is 550. The second-order valence-corrected chi connectivity index (χ2v) is 7.06. The highest BCUT2D eigenvalue weighted by molar-refractivity contribution is 5.78. The van der Waals surface area contributed by atoms with E-state index in [1.54, 1.807) is 0 Å². The maximum atomic E-state index is 12.0. The number of fused-ring (bicyclic) bond motifs is 1. The fourth-order valence-electron chi connectivity index (χ4n) is 3.40. The molecule has 3 rings (SSSR count). The molecule has 0 spiro atoms. The monoisotopic (exact) mass is 316 g/mol. The predicted molar refractivity (Wildman–Crippen MR) is 91.4 cm³/mol. The Morgan fingerprint density at radius 3 is 3.00 bits per heavy atom. The van der Waals surface area contributed by atoms with Crippen molar-refractivity contribution in [2.45, 2.75) is 39.2 Å². The van der Waals surface area contributed by atoms with Gasteiger partial charge < -0.3 is 10.1 Å². The molecule has 0 bridgehead atoms. The van der Waals surface area contributed by atoms with Gasteiger partial charge in [0, 0.05) is 32.8 Å². The van der Waals surface area contributed by atoms with Crippen molar-refractivity contribution in [1.82, 2.24) is 10.2 Å². The molecule has 1 N–H and O–H groups in total. The summed E-state index contributed by atoms with van der Waals surface area (Å²) in [4.78, 5) is 14.4. The molecule has 1 atom stereocenters. The quantitative estimate of drug-likeness (QED) is 0.906. The van der Waals surface area contributed by atoms with E-state index in [0.29, 0.717) is 12.5 Å². The predicted octanol–water partition coefficient (Wildman–Crippen LogP) is 2.32. The molecule has 1 aromatic rings. The van der Waals surface area contributed by atoms with Gasteiger partial charge in [-0.1, -0.05) is 32.0 Å². The van der Waals surface area contributed by atoms with Crippen LogP contribution in [0.1, 0.15) is 42.9 Å². The summed E-state index contributed by atoms with van der Waals surface area (Å²) in [6.45, 7) is 9.52. The van der Waals surface area contributed by atoms with Gasteiger partial charge in [0.05, 0.1) is 12.5 Å². The molecule has 2 aliphatic rings. The SMILES string of the molecule is CC(C)c1ccc2c(c1)CCN(CCNC(=O)C1CCOC1)C2. The van der Waals surface area contributed by atoms with Gasteiger partial charge in [-0.05, 0) is 35.4 Å². The number of carbonyl (C=O) groups is 1. The van der Waals surface area contributed by atoms with Crippen molar-refractivity contribution in [3.8, 4) is 0 Å². The van der Waals surface area contributed by atoms with E-state index in [-0.39, 0.29) is 11.8 Å². The summed E-state index contributed by atoms with van der Waals surface area (Å²) in [6, 6.07) is 6.92. The fraction of sp³-hybridized carbons (Fsp3) is 0.632. The van der Waals surface area contributed by atoms with Gasteiger partial charge in [-0.3, -0.25) is 9.69 Å². The molecule has 2 aliphatic heterocycles. The van der Waals surface area contributed by atoms with Crippen LogP contribution >= 0.6 is 0 Å². The first-order valence-corrected chi connectivity index (χ1v) is 8.83. The topological polar surface area (TPSA) is 41.6 Å². The lowest BCUT2D eigenvalue weighted by Gasteiger charge is -2.29. The lowest BCUT2D eigenvalue weighted by Crippen LogP contribution is -2.39. The highest BCUT2D eigenvalue weighted by atomic mass is 16.5. The normalized spacial score (nSPS) is 21.4. The molecule has 0 saturated carbocycles. The van der Waals surface area contributed by atoms with Crippen molar-refractivity contribution >= 4 is 5.91 Å². The van der Waals surface area contributed by atoms with Crippen molar-refractivity contribution in [2.24, 2.45) is 5.92 Å². The first-order chi connectivity index (χ1) is 11.1. The number of nitrogens with one attached hydrogen (secondary N) is 1. The Hall–Kier alpha value is -1.39. The summed E-state index contributed by atoms with van der Waals surface area (Å²) >= 11 is 0. The molecule has 4 heteroatoms. The lowest BCUT2D eigenvalue weighted by atomic mass is 9.93. The number of hydrogen-bond donors (Lipinski definition) is 1. The van der Waals surface area contributed by atoms with E-state index in [2.05, 4.69) is 42.3 Å². The van der Waals surface area contributed by atoms with Crippen LogP contribution in [0.2, 0.25) is 0 Å². The Morgan fingerprint density at radius 1 is 1.39 bits per heavy atom. The second-order valence-electron chi connectivity index (χ2n) is 7.06. The fourth-order valence-corrected chi connectivity index (χ4v) is 3.40. The molecule has 1 saturated heterocycles. The standard InChI is InChI=1S/C19H28N2O2/c1-14(2)15-3-4-17-12-21(8-5-16(17)11-15)9-7-20-19(22)18-6-10-23-13-18/h3-4,11,14,18H,5-10,12-13H2,1-2H3,(H,20,22). The highest BCUT2D eigenvalue weighted by Gasteiger charge is 2.23. The van der Waals surface area contributed by atoms with Crippen LogP contribution in [0.3, 0.4) is 0 Å². The van der Waals surface area contributed by atoms with Gasteiger partial charge in [-0.2, -0.15) is 0 Å². The van der Waals surface area contributed by atoms with Gasteiger partial charge in [0.15, 0.2) is 0 Å². The largest absolute Gasteiger partial charge is 0.381 e. The van der Waals surface area contributed by atoms with E-state index in [4.69, 9.17) is 4.74 Å². The minimum Gasteiger partial charge on any atom is -0.381 e. The van der Waals surface area contributed by atoms with Crippen LogP contribution in [-0.4, -0.2) is 43.7 Å². The number of nitrogens with zero attached hydrogens (tertiary/aromatic N) is 1.